The molecule has 2 rings (SSSR count). The third-order valence-corrected chi connectivity index (χ3v) is 2.58. The highest BCUT2D eigenvalue weighted by atomic mass is 35.5. The lowest BCUT2D eigenvalue weighted by molar-refractivity contribution is 0.614. The molecule has 0 aliphatic heterocycles. The monoisotopic (exact) mass is 242 g/mol. The molecule has 0 amide bonds. The Morgan fingerprint density at radius 2 is 2.20 bits per heavy atom. The molecular weight excluding hydrogens is 235 g/mol. The Hall–Kier alpha value is -1.13. The molecule has 1 heterocycles. The zero-order valence-corrected chi connectivity index (χ0v) is 9.25. The van der Waals surface area contributed by atoms with Gasteiger partial charge in [0.05, 0.1) is 5.02 Å². The van der Waals surface area contributed by atoms with Crippen LogP contribution in [0.4, 0.5) is 4.39 Å². The summed E-state index contributed by atoms with van der Waals surface area (Å²) < 4.78 is 14.0. The average Bonchev–Trinajstić information content (AvgIpc) is 2.59. The van der Waals surface area contributed by atoms with Gasteiger partial charge in [-0.1, -0.05) is 23.7 Å². The number of benzene rings is 1. The summed E-state index contributed by atoms with van der Waals surface area (Å²) in [7, 11) is 0. The molecule has 0 saturated carbocycles. The number of nitrogens with one attached hydrogen (secondary N) is 2. The van der Waals surface area contributed by atoms with Gasteiger partial charge in [-0.15, -0.1) is 0 Å². The first-order valence-corrected chi connectivity index (χ1v) is 5.15. The Labute approximate surface area is 96.1 Å². The summed E-state index contributed by atoms with van der Waals surface area (Å²) in [5.41, 5.74) is 1.38. The van der Waals surface area contributed by atoms with Gasteiger partial charge in [0.25, 0.3) is 0 Å². The smallest absolute Gasteiger partial charge is 0.174 e. The molecule has 0 aliphatic carbocycles. The summed E-state index contributed by atoms with van der Waals surface area (Å²) >= 11 is 10.5. The maximum absolute atomic E-state index is 13.5. The number of hydrogen-bond donors (Lipinski definition) is 2. The van der Waals surface area contributed by atoms with E-state index in [9.17, 15) is 4.39 Å². The van der Waals surface area contributed by atoms with Gasteiger partial charge in [-0.3, -0.25) is 0 Å². The molecule has 2 N–H and O–H groups in total. The van der Waals surface area contributed by atoms with Gasteiger partial charge >= 0.3 is 0 Å². The second-order valence-electron chi connectivity index (χ2n) is 3.16. The van der Waals surface area contributed by atoms with E-state index in [4.69, 9.17) is 23.8 Å². The molecule has 5 heteroatoms. The molecule has 0 fully saturated rings. The largest absolute Gasteiger partial charge is 0.337 e. The minimum absolute atomic E-state index is 0.140. The van der Waals surface area contributed by atoms with Gasteiger partial charge in [0.1, 0.15) is 5.82 Å². The second kappa shape index (κ2) is 4.16. The van der Waals surface area contributed by atoms with Crippen molar-refractivity contribution in [1.29, 1.82) is 0 Å². The molecule has 0 aliphatic rings. The van der Waals surface area contributed by atoms with E-state index in [2.05, 4.69) is 9.97 Å². The number of aromatic amines is 2. The zero-order valence-electron chi connectivity index (χ0n) is 7.68. The fourth-order valence-electron chi connectivity index (χ4n) is 1.36. The predicted molar refractivity (Wildman–Crippen MR) is 60.2 cm³/mol. The normalized spacial score (nSPS) is 10.5. The van der Waals surface area contributed by atoms with Crippen molar-refractivity contribution >= 4 is 23.8 Å². The van der Waals surface area contributed by atoms with Gasteiger partial charge in [-0.2, -0.15) is 0 Å². The number of imidazole rings is 1. The Morgan fingerprint density at radius 3 is 2.87 bits per heavy atom. The number of rotatable bonds is 2. The van der Waals surface area contributed by atoms with Crippen molar-refractivity contribution < 1.29 is 4.39 Å². The van der Waals surface area contributed by atoms with Crippen LogP contribution in [0.15, 0.2) is 24.4 Å². The van der Waals surface area contributed by atoms with Crippen LogP contribution in [0.3, 0.4) is 0 Å². The molecule has 0 bridgehead atoms. The molecule has 0 saturated heterocycles. The third kappa shape index (κ3) is 2.27. The SMILES string of the molecule is Fc1c(Cl)cccc1Cc1c[nH]c(=S)[nH]1. The van der Waals surface area contributed by atoms with Gasteiger partial charge in [-0.25, -0.2) is 4.39 Å². The summed E-state index contributed by atoms with van der Waals surface area (Å²) in [6.07, 6.45) is 2.17. The van der Waals surface area contributed by atoms with E-state index in [0.29, 0.717) is 16.8 Å². The maximum Gasteiger partial charge on any atom is 0.174 e. The summed E-state index contributed by atoms with van der Waals surface area (Å²) in [5, 5.41) is 0.140. The number of H-pyrrole nitrogens is 2. The van der Waals surface area contributed by atoms with Gasteiger partial charge in [0.15, 0.2) is 4.77 Å². The van der Waals surface area contributed by atoms with Gasteiger partial charge in [-0.05, 0) is 23.8 Å². The molecule has 0 atom stereocenters. The fourth-order valence-corrected chi connectivity index (χ4v) is 1.74. The quantitative estimate of drug-likeness (QED) is 0.777. The highest BCUT2D eigenvalue weighted by Gasteiger charge is 2.07. The molecule has 78 valence electrons. The standard InChI is InChI=1S/C10H8ClFN2S/c11-8-3-1-2-6(9(8)12)4-7-5-13-10(15)14-7/h1-3,5H,4H2,(H2,13,14,15). The van der Waals surface area contributed by atoms with Gasteiger partial charge in [0.2, 0.25) is 0 Å². The van der Waals surface area contributed by atoms with E-state index >= 15 is 0 Å². The summed E-state index contributed by atoms with van der Waals surface area (Å²) in [6.45, 7) is 0. The summed E-state index contributed by atoms with van der Waals surface area (Å²) in [4.78, 5) is 5.75. The Balaban J connectivity index is 2.32. The van der Waals surface area contributed by atoms with Crippen LogP contribution in [0, 0.1) is 10.6 Å². The van der Waals surface area contributed by atoms with Crippen LogP contribution < -0.4 is 0 Å². The maximum atomic E-state index is 13.5. The number of aromatic nitrogens is 2. The molecule has 15 heavy (non-hydrogen) atoms. The van der Waals surface area contributed by atoms with E-state index in [0.717, 1.165) is 5.69 Å². The molecule has 0 spiro atoms. The first-order chi connectivity index (χ1) is 7.16. The van der Waals surface area contributed by atoms with Gasteiger partial charge in [0, 0.05) is 18.3 Å². The van der Waals surface area contributed by atoms with Crippen molar-refractivity contribution in [2.45, 2.75) is 6.42 Å². The van der Waals surface area contributed by atoms with Crippen molar-refractivity contribution in [3.8, 4) is 0 Å². The minimum Gasteiger partial charge on any atom is -0.337 e. The van der Waals surface area contributed by atoms with Gasteiger partial charge < -0.3 is 9.97 Å². The molecule has 0 radical (unpaired) electrons. The predicted octanol–water partition coefficient (Wildman–Crippen LogP) is 3.46. The molecule has 0 unspecified atom stereocenters. The van der Waals surface area contributed by atoms with Crippen molar-refractivity contribution in [1.82, 2.24) is 9.97 Å². The number of hydrogen-bond acceptors (Lipinski definition) is 1. The van der Waals surface area contributed by atoms with E-state index in [-0.39, 0.29) is 10.8 Å². The van der Waals surface area contributed by atoms with Crippen molar-refractivity contribution in [3.05, 3.63) is 51.3 Å². The Morgan fingerprint density at radius 1 is 1.40 bits per heavy atom. The lowest BCUT2D eigenvalue weighted by Gasteiger charge is -2.02. The minimum atomic E-state index is -0.375. The van der Waals surface area contributed by atoms with E-state index in [1.54, 1.807) is 18.3 Å². The highest BCUT2D eigenvalue weighted by Crippen LogP contribution is 2.19. The third-order valence-electron chi connectivity index (χ3n) is 2.06. The first kappa shape index (κ1) is 10.4. The lowest BCUT2D eigenvalue weighted by Crippen LogP contribution is -1.93. The molecule has 2 aromatic rings. The van der Waals surface area contributed by atoms with Crippen LogP contribution in [0.25, 0.3) is 0 Å². The van der Waals surface area contributed by atoms with Crippen molar-refractivity contribution in [2.75, 3.05) is 0 Å². The van der Waals surface area contributed by atoms with Crippen LogP contribution in [-0.4, -0.2) is 9.97 Å². The first-order valence-electron chi connectivity index (χ1n) is 4.36. The average molecular weight is 243 g/mol. The second-order valence-corrected chi connectivity index (χ2v) is 3.97. The van der Waals surface area contributed by atoms with Crippen LogP contribution >= 0.6 is 23.8 Å². The summed E-state index contributed by atoms with van der Waals surface area (Å²) in [6, 6.07) is 4.95. The van der Waals surface area contributed by atoms with Crippen LogP contribution in [0.1, 0.15) is 11.3 Å². The van der Waals surface area contributed by atoms with E-state index < -0.39 is 0 Å². The van der Waals surface area contributed by atoms with Crippen LogP contribution in [0.5, 0.6) is 0 Å². The molecule has 1 aromatic heterocycles. The Kier molecular flexibility index (Phi) is 2.88. The zero-order chi connectivity index (χ0) is 10.8. The fraction of sp³-hybridized carbons (Fsp3) is 0.100. The van der Waals surface area contributed by atoms with Crippen molar-refractivity contribution in [2.24, 2.45) is 0 Å². The van der Waals surface area contributed by atoms with E-state index in [1.807, 2.05) is 0 Å². The lowest BCUT2D eigenvalue weighted by atomic mass is 10.1. The Bertz CT molecular complexity index is 532. The molecule has 1 aromatic carbocycles. The molecular formula is C10H8ClFN2S. The van der Waals surface area contributed by atoms with E-state index in [1.165, 1.54) is 6.07 Å². The van der Waals surface area contributed by atoms with Crippen LogP contribution in [-0.2, 0) is 6.42 Å². The summed E-state index contributed by atoms with van der Waals surface area (Å²) in [5.74, 6) is -0.375. The topological polar surface area (TPSA) is 31.6 Å². The highest BCUT2D eigenvalue weighted by molar-refractivity contribution is 7.71. The number of halogens is 2. The molecule has 2 nitrogen and oxygen atoms in total. The van der Waals surface area contributed by atoms with Crippen LogP contribution in [0.2, 0.25) is 5.02 Å². The van der Waals surface area contributed by atoms with Crippen molar-refractivity contribution in [3.63, 3.8) is 0 Å².